The highest BCUT2D eigenvalue weighted by Gasteiger charge is 2.38. The van der Waals surface area contributed by atoms with E-state index in [1.807, 2.05) is 55.4 Å². The molecule has 1 saturated heterocycles. The SMILES string of the molecule is CN(C)c1ccc(/C=C/C=C/C=C2C(=O)OC(C)(C)OC2=O)cc1. The Bertz CT molecular complexity index is 687. The van der Waals surface area contributed by atoms with Crippen LogP contribution in [0.25, 0.3) is 6.08 Å². The summed E-state index contributed by atoms with van der Waals surface area (Å²) in [6, 6.07) is 8.08. The Hall–Kier alpha value is -2.82. The van der Waals surface area contributed by atoms with Gasteiger partial charge in [0.2, 0.25) is 0 Å². The Morgan fingerprint density at radius 1 is 0.917 bits per heavy atom. The standard InChI is InChI=1S/C19H21NO4/c1-19(2)23-17(21)16(18(22)24-19)9-7-5-6-8-14-10-12-15(13-11-14)20(3)4/h5-13H,1-4H3/b7-5+,8-6+. The summed E-state index contributed by atoms with van der Waals surface area (Å²) in [5.74, 6) is -2.57. The molecule has 0 unspecified atom stereocenters. The van der Waals surface area contributed by atoms with E-state index in [2.05, 4.69) is 0 Å². The number of hydrogen-bond acceptors (Lipinski definition) is 5. The lowest BCUT2D eigenvalue weighted by molar-refractivity contribution is -0.222. The molecular formula is C19H21NO4. The van der Waals surface area contributed by atoms with Crippen molar-refractivity contribution in [3.05, 3.63) is 59.7 Å². The molecule has 1 aliphatic heterocycles. The molecule has 0 atom stereocenters. The monoisotopic (exact) mass is 327 g/mol. The van der Waals surface area contributed by atoms with Gasteiger partial charge in [0.1, 0.15) is 5.57 Å². The fourth-order valence-electron chi connectivity index (χ4n) is 2.06. The van der Waals surface area contributed by atoms with E-state index in [-0.39, 0.29) is 5.57 Å². The average Bonchev–Trinajstić information content (AvgIpc) is 2.48. The molecule has 2 rings (SSSR count). The predicted octanol–water partition coefficient (Wildman–Crippen LogP) is 3.08. The Balaban J connectivity index is 1.98. The van der Waals surface area contributed by atoms with Crippen LogP contribution in [0.4, 0.5) is 5.69 Å². The highest BCUT2D eigenvalue weighted by Crippen LogP contribution is 2.22. The van der Waals surface area contributed by atoms with Gasteiger partial charge in [0, 0.05) is 33.6 Å². The third kappa shape index (κ3) is 4.59. The minimum atomic E-state index is -1.21. The lowest BCUT2D eigenvalue weighted by Crippen LogP contribution is -2.41. The Labute approximate surface area is 141 Å². The smallest absolute Gasteiger partial charge is 0.348 e. The van der Waals surface area contributed by atoms with Crippen LogP contribution in [0.2, 0.25) is 0 Å². The van der Waals surface area contributed by atoms with Gasteiger partial charge in [0.05, 0.1) is 0 Å². The summed E-state index contributed by atoms with van der Waals surface area (Å²) in [6.45, 7) is 3.03. The summed E-state index contributed by atoms with van der Waals surface area (Å²) in [7, 11) is 3.98. The average molecular weight is 327 g/mol. The minimum absolute atomic E-state index is 0.116. The molecule has 1 fully saturated rings. The molecule has 24 heavy (non-hydrogen) atoms. The van der Waals surface area contributed by atoms with Crippen molar-refractivity contribution >= 4 is 23.7 Å². The van der Waals surface area contributed by atoms with E-state index in [0.29, 0.717) is 0 Å². The third-order valence-electron chi connectivity index (χ3n) is 3.30. The molecule has 0 saturated carbocycles. The van der Waals surface area contributed by atoms with Crippen LogP contribution in [0.15, 0.2) is 54.1 Å². The highest BCUT2D eigenvalue weighted by molar-refractivity contribution is 6.15. The van der Waals surface area contributed by atoms with Gasteiger partial charge < -0.3 is 14.4 Å². The Morgan fingerprint density at radius 3 is 2.04 bits per heavy atom. The van der Waals surface area contributed by atoms with Crippen LogP contribution in [-0.2, 0) is 19.1 Å². The third-order valence-corrected chi connectivity index (χ3v) is 3.30. The van der Waals surface area contributed by atoms with E-state index in [9.17, 15) is 9.59 Å². The van der Waals surface area contributed by atoms with Gasteiger partial charge >= 0.3 is 11.9 Å². The molecule has 1 aliphatic rings. The second kappa shape index (κ2) is 7.17. The van der Waals surface area contributed by atoms with Crippen molar-refractivity contribution in [1.82, 2.24) is 0 Å². The van der Waals surface area contributed by atoms with Crippen molar-refractivity contribution in [2.75, 3.05) is 19.0 Å². The van der Waals surface area contributed by atoms with Gasteiger partial charge in [-0.1, -0.05) is 36.4 Å². The van der Waals surface area contributed by atoms with E-state index >= 15 is 0 Å². The number of carbonyl (C=O) groups is 2. The lowest BCUT2D eigenvalue weighted by Gasteiger charge is -2.29. The zero-order valence-electron chi connectivity index (χ0n) is 14.3. The molecule has 1 aromatic rings. The summed E-state index contributed by atoms with van der Waals surface area (Å²) in [4.78, 5) is 25.5. The zero-order chi connectivity index (χ0) is 17.7. The number of carbonyl (C=O) groups excluding carboxylic acids is 2. The van der Waals surface area contributed by atoms with Crippen molar-refractivity contribution in [1.29, 1.82) is 0 Å². The number of hydrogen-bond donors (Lipinski definition) is 0. The topological polar surface area (TPSA) is 55.8 Å². The first-order valence-corrected chi connectivity index (χ1v) is 7.57. The number of ether oxygens (including phenoxy) is 2. The molecule has 1 heterocycles. The van der Waals surface area contributed by atoms with Crippen LogP contribution in [0, 0.1) is 0 Å². The molecule has 0 aliphatic carbocycles. The number of nitrogens with zero attached hydrogens (tertiary/aromatic N) is 1. The quantitative estimate of drug-likeness (QED) is 0.368. The normalized spacial score (nSPS) is 17.1. The van der Waals surface area contributed by atoms with Gasteiger partial charge in [-0.05, 0) is 23.8 Å². The van der Waals surface area contributed by atoms with Crippen LogP contribution in [0.1, 0.15) is 19.4 Å². The van der Waals surface area contributed by atoms with Crippen molar-refractivity contribution in [2.45, 2.75) is 19.6 Å². The predicted molar refractivity (Wildman–Crippen MR) is 93.3 cm³/mol. The molecular weight excluding hydrogens is 306 g/mol. The maximum Gasteiger partial charge on any atom is 0.348 e. The fourth-order valence-corrected chi connectivity index (χ4v) is 2.06. The molecule has 0 spiro atoms. The van der Waals surface area contributed by atoms with Crippen molar-refractivity contribution in [3.8, 4) is 0 Å². The van der Waals surface area contributed by atoms with E-state index in [1.165, 1.54) is 19.9 Å². The summed E-state index contributed by atoms with van der Waals surface area (Å²) < 4.78 is 10.0. The Morgan fingerprint density at radius 2 is 1.50 bits per heavy atom. The first kappa shape index (κ1) is 17.5. The summed E-state index contributed by atoms with van der Waals surface area (Å²) in [6.07, 6.45) is 8.47. The lowest BCUT2D eigenvalue weighted by atomic mass is 10.1. The maximum atomic E-state index is 11.7. The number of allylic oxidation sites excluding steroid dienone is 4. The second-order valence-electron chi connectivity index (χ2n) is 5.99. The van der Waals surface area contributed by atoms with Crippen LogP contribution < -0.4 is 4.90 Å². The fraction of sp³-hybridized carbons (Fsp3) is 0.263. The van der Waals surface area contributed by atoms with E-state index in [4.69, 9.17) is 9.47 Å². The van der Waals surface area contributed by atoms with Crippen molar-refractivity contribution in [3.63, 3.8) is 0 Å². The number of esters is 2. The molecule has 0 bridgehead atoms. The molecule has 0 N–H and O–H groups in total. The van der Waals surface area contributed by atoms with Gasteiger partial charge in [-0.25, -0.2) is 9.59 Å². The highest BCUT2D eigenvalue weighted by atomic mass is 16.7. The molecule has 5 nitrogen and oxygen atoms in total. The second-order valence-corrected chi connectivity index (χ2v) is 5.99. The number of anilines is 1. The summed E-state index contributed by atoms with van der Waals surface area (Å²) in [5.41, 5.74) is 2.06. The summed E-state index contributed by atoms with van der Waals surface area (Å²) >= 11 is 0. The molecule has 5 heteroatoms. The number of cyclic esters (lactones) is 2. The van der Waals surface area contributed by atoms with Gasteiger partial charge in [-0.3, -0.25) is 0 Å². The van der Waals surface area contributed by atoms with Crippen LogP contribution in [0.5, 0.6) is 0 Å². The van der Waals surface area contributed by atoms with Gasteiger partial charge in [0.25, 0.3) is 5.79 Å². The van der Waals surface area contributed by atoms with E-state index in [0.717, 1.165) is 11.3 Å². The number of rotatable bonds is 4. The largest absolute Gasteiger partial charge is 0.419 e. The minimum Gasteiger partial charge on any atom is -0.419 e. The van der Waals surface area contributed by atoms with Crippen LogP contribution >= 0.6 is 0 Å². The first-order chi connectivity index (χ1) is 11.3. The number of benzene rings is 1. The van der Waals surface area contributed by atoms with Crippen LogP contribution in [0.3, 0.4) is 0 Å². The first-order valence-electron chi connectivity index (χ1n) is 7.57. The van der Waals surface area contributed by atoms with Crippen molar-refractivity contribution < 1.29 is 19.1 Å². The molecule has 0 amide bonds. The molecule has 1 aromatic carbocycles. The van der Waals surface area contributed by atoms with Crippen LogP contribution in [-0.4, -0.2) is 31.8 Å². The van der Waals surface area contributed by atoms with Gasteiger partial charge in [-0.15, -0.1) is 0 Å². The maximum absolute atomic E-state index is 11.7. The molecule has 126 valence electrons. The van der Waals surface area contributed by atoms with E-state index in [1.54, 1.807) is 12.2 Å². The van der Waals surface area contributed by atoms with Gasteiger partial charge in [0.15, 0.2) is 0 Å². The van der Waals surface area contributed by atoms with E-state index < -0.39 is 17.7 Å². The Kier molecular flexibility index (Phi) is 5.24. The van der Waals surface area contributed by atoms with Crippen molar-refractivity contribution in [2.24, 2.45) is 0 Å². The molecule has 0 aromatic heterocycles. The zero-order valence-corrected chi connectivity index (χ0v) is 14.3. The summed E-state index contributed by atoms with van der Waals surface area (Å²) in [5, 5.41) is 0. The van der Waals surface area contributed by atoms with Gasteiger partial charge in [-0.2, -0.15) is 0 Å². The molecule has 0 radical (unpaired) electrons.